The molecule has 6 aliphatic rings. The molecule has 6 rings (SSSR count). The summed E-state index contributed by atoms with van der Waals surface area (Å²) in [6.45, 7) is 5.61. The normalized spacial score (nSPS) is 45.9. The van der Waals surface area contributed by atoms with Crippen molar-refractivity contribution in [3.8, 4) is 0 Å². The summed E-state index contributed by atoms with van der Waals surface area (Å²) in [7, 11) is 0. The van der Waals surface area contributed by atoms with Crippen LogP contribution in [-0.4, -0.2) is 35.6 Å². The van der Waals surface area contributed by atoms with Gasteiger partial charge in [-0.2, -0.15) is 0 Å². The van der Waals surface area contributed by atoms with E-state index in [1.54, 1.807) is 13.8 Å². The Hall–Kier alpha value is -1.92. The van der Waals surface area contributed by atoms with Gasteiger partial charge in [0.05, 0.1) is 17.3 Å². The highest BCUT2D eigenvalue weighted by molar-refractivity contribution is 5.96. The Labute approximate surface area is 195 Å². The fraction of sp³-hybridized carbons (Fsp3) is 0.846. The number of rotatable bonds is 7. The first-order chi connectivity index (χ1) is 15.6. The molecule has 0 radical (unpaired) electrons. The molecule has 4 saturated carbocycles. The second kappa shape index (κ2) is 8.09. The third-order valence-electron chi connectivity index (χ3n) is 9.59. The second-order valence-corrected chi connectivity index (χ2v) is 12.0. The molecule has 7 nitrogen and oxygen atoms in total. The lowest BCUT2D eigenvalue weighted by molar-refractivity contribution is -0.203. The zero-order chi connectivity index (χ0) is 23.5. The first-order valence-electron chi connectivity index (χ1n) is 12.8. The van der Waals surface area contributed by atoms with Crippen LogP contribution in [0.1, 0.15) is 85.0 Å². The summed E-state index contributed by atoms with van der Waals surface area (Å²) in [5.41, 5.74) is -1.13. The van der Waals surface area contributed by atoms with Crippen LogP contribution in [0.25, 0.3) is 0 Å². The average molecular weight is 461 g/mol. The van der Waals surface area contributed by atoms with E-state index in [0.29, 0.717) is 37.5 Å². The maximum absolute atomic E-state index is 12.7. The van der Waals surface area contributed by atoms with Gasteiger partial charge in [0.15, 0.2) is 0 Å². The molecule has 33 heavy (non-hydrogen) atoms. The molecule has 182 valence electrons. The molecule has 4 aliphatic carbocycles. The Morgan fingerprint density at radius 2 is 1.64 bits per heavy atom. The highest BCUT2D eigenvalue weighted by Gasteiger charge is 2.57. The van der Waals surface area contributed by atoms with Crippen molar-refractivity contribution >= 4 is 23.9 Å². The lowest BCUT2D eigenvalue weighted by atomic mass is 9.50. The quantitative estimate of drug-likeness (QED) is 0.322. The summed E-state index contributed by atoms with van der Waals surface area (Å²) in [5.74, 6) is -0.0253. The van der Waals surface area contributed by atoms with Crippen LogP contribution >= 0.6 is 0 Å². The first-order valence-corrected chi connectivity index (χ1v) is 12.8. The molecular formula is C26H36O7. The minimum Gasteiger partial charge on any atom is -0.462 e. The van der Waals surface area contributed by atoms with Crippen molar-refractivity contribution in [3.05, 3.63) is 0 Å². The predicted octanol–water partition coefficient (Wildman–Crippen LogP) is 3.96. The molecule has 2 aliphatic heterocycles. The minimum absolute atomic E-state index is 0.141. The Kier molecular flexibility index (Phi) is 5.60. The fourth-order valence-electron chi connectivity index (χ4n) is 7.69. The van der Waals surface area contributed by atoms with Crippen LogP contribution in [0.4, 0.5) is 0 Å². The van der Waals surface area contributed by atoms with E-state index < -0.39 is 29.2 Å². The molecule has 4 unspecified atom stereocenters. The summed E-state index contributed by atoms with van der Waals surface area (Å²) in [5, 5.41) is 0. The van der Waals surface area contributed by atoms with Gasteiger partial charge in [-0.25, -0.2) is 0 Å². The SMILES string of the molecule is CC1C(=O)OC(=O)C1CC1(C)CC(CCCC(=O)OC2(C)C3CC4CC(C3)CC2C4)OC1=O. The molecule has 6 fully saturated rings. The van der Waals surface area contributed by atoms with Gasteiger partial charge in [-0.05, 0) is 88.9 Å². The van der Waals surface area contributed by atoms with E-state index in [0.717, 1.165) is 11.8 Å². The van der Waals surface area contributed by atoms with Crippen LogP contribution in [0.2, 0.25) is 0 Å². The molecule has 0 aromatic carbocycles. The lowest BCUT2D eigenvalue weighted by Gasteiger charge is -2.59. The molecule has 0 amide bonds. The fourth-order valence-corrected chi connectivity index (χ4v) is 7.69. The van der Waals surface area contributed by atoms with E-state index in [1.165, 1.54) is 32.1 Å². The molecule has 4 bridgehead atoms. The predicted molar refractivity (Wildman–Crippen MR) is 116 cm³/mol. The zero-order valence-corrected chi connectivity index (χ0v) is 20.0. The topological polar surface area (TPSA) is 96.0 Å². The van der Waals surface area contributed by atoms with Crippen molar-refractivity contribution in [2.24, 2.45) is 40.9 Å². The summed E-state index contributed by atoms with van der Waals surface area (Å²) >= 11 is 0. The van der Waals surface area contributed by atoms with Crippen LogP contribution < -0.4 is 0 Å². The highest BCUT2D eigenvalue weighted by atomic mass is 16.6. The molecule has 0 aromatic heterocycles. The van der Waals surface area contributed by atoms with Gasteiger partial charge in [0.1, 0.15) is 11.7 Å². The van der Waals surface area contributed by atoms with Crippen molar-refractivity contribution in [2.45, 2.75) is 96.7 Å². The van der Waals surface area contributed by atoms with Crippen LogP contribution in [0, 0.1) is 40.9 Å². The monoisotopic (exact) mass is 460 g/mol. The van der Waals surface area contributed by atoms with E-state index in [-0.39, 0.29) is 30.1 Å². The van der Waals surface area contributed by atoms with Gasteiger partial charge < -0.3 is 14.2 Å². The number of carbonyl (C=O) groups excluding carboxylic acids is 4. The van der Waals surface area contributed by atoms with Gasteiger partial charge >= 0.3 is 23.9 Å². The van der Waals surface area contributed by atoms with Gasteiger partial charge in [0.2, 0.25) is 0 Å². The van der Waals surface area contributed by atoms with Crippen molar-refractivity contribution in [2.75, 3.05) is 0 Å². The van der Waals surface area contributed by atoms with Crippen molar-refractivity contribution in [1.29, 1.82) is 0 Å². The zero-order valence-electron chi connectivity index (χ0n) is 20.0. The van der Waals surface area contributed by atoms with Gasteiger partial charge in [-0.15, -0.1) is 0 Å². The number of carbonyl (C=O) groups is 4. The van der Waals surface area contributed by atoms with E-state index in [1.807, 2.05) is 0 Å². The summed E-state index contributed by atoms with van der Waals surface area (Å²) < 4.78 is 16.4. The lowest BCUT2D eigenvalue weighted by Crippen LogP contribution is -2.57. The number of hydrogen-bond donors (Lipinski definition) is 0. The Morgan fingerprint density at radius 1 is 1.00 bits per heavy atom. The number of cyclic esters (lactones) is 3. The van der Waals surface area contributed by atoms with E-state index in [2.05, 4.69) is 6.92 Å². The molecule has 2 saturated heterocycles. The standard InChI is InChI=1S/C26H36O7/c1-14-20(23(29)32-22(14)28)13-25(2)12-19(31-24(25)30)5-4-6-21(27)33-26(3)17-8-15-7-16(10-17)11-18(26)9-15/h14-20H,4-13H2,1-3H3. The Balaban J connectivity index is 1.10. The Bertz CT molecular complexity index is 835. The molecule has 7 heteroatoms. The third kappa shape index (κ3) is 3.99. The summed E-state index contributed by atoms with van der Waals surface area (Å²) in [6, 6.07) is 0. The van der Waals surface area contributed by atoms with Crippen molar-refractivity contribution < 1.29 is 33.4 Å². The van der Waals surface area contributed by atoms with Gasteiger partial charge in [-0.3, -0.25) is 19.2 Å². The average Bonchev–Trinajstić information content (AvgIpc) is 3.15. The van der Waals surface area contributed by atoms with Crippen LogP contribution in [-0.2, 0) is 33.4 Å². The molecule has 4 atom stereocenters. The first kappa shape index (κ1) is 22.9. The summed E-state index contributed by atoms with van der Waals surface area (Å²) in [6.07, 6.45) is 8.14. The minimum atomic E-state index is -0.818. The van der Waals surface area contributed by atoms with Crippen LogP contribution in [0.5, 0.6) is 0 Å². The van der Waals surface area contributed by atoms with Crippen molar-refractivity contribution in [1.82, 2.24) is 0 Å². The number of ether oxygens (including phenoxy) is 3. The maximum atomic E-state index is 12.7. The van der Waals surface area contributed by atoms with Crippen LogP contribution in [0.15, 0.2) is 0 Å². The smallest absolute Gasteiger partial charge is 0.317 e. The second-order valence-electron chi connectivity index (χ2n) is 12.0. The van der Waals surface area contributed by atoms with Gasteiger partial charge in [-0.1, -0.05) is 6.92 Å². The molecule has 2 heterocycles. The number of hydrogen-bond acceptors (Lipinski definition) is 7. The molecular weight excluding hydrogens is 424 g/mol. The summed E-state index contributed by atoms with van der Waals surface area (Å²) in [4.78, 5) is 49.0. The number of esters is 4. The molecule has 0 N–H and O–H groups in total. The highest BCUT2D eigenvalue weighted by Crippen LogP contribution is 2.59. The van der Waals surface area contributed by atoms with E-state index >= 15 is 0 Å². The largest absolute Gasteiger partial charge is 0.462 e. The molecule has 0 aromatic rings. The van der Waals surface area contributed by atoms with E-state index in [4.69, 9.17) is 14.2 Å². The maximum Gasteiger partial charge on any atom is 0.317 e. The van der Waals surface area contributed by atoms with Crippen molar-refractivity contribution in [3.63, 3.8) is 0 Å². The van der Waals surface area contributed by atoms with Gasteiger partial charge in [0, 0.05) is 12.8 Å². The van der Waals surface area contributed by atoms with E-state index in [9.17, 15) is 19.2 Å². The molecule has 0 spiro atoms. The van der Waals surface area contributed by atoms with Gasteiger partial charge in [0.25, 0.3) is 0 Å². The Morgan fingerprint density at radius 3 is 2.21 bits per heavy atom. The third-order valence-corrected chi connectivity index (χ3v) is 9.59. The van der Waals surface area contributed by atoms with Crippen LogP contribution in [0.3, 0.4) is 0 Å².